The average Bonchev–Trinajstić information content (AvgIpc) is 3.26. The molecular weight excluding hydrogens is 344 g/mol. The Balaban J connectivity index is 1.36. The zero-order valence-corrected chi connectivity index (χ0v) is 14.1. The fourth-order valence-electron chi connectivity index (χ4n) is 2.80. The van der Waals surface area contributed by atoms with Crippen molar-refractivity contribution >= 4 is 27.6 Å². The number of pyridine rings is 1. The number of hydrogen-bond donors (Lipinski definition) is 1. The molecule has 130 valence electrons. The molecule has 1 aliphatic rings. The largest absolute Gasteiger partial charge is 0.465 e. The van der Waals surface area contributed by atoms with Crippen molar-refractivity contribution in [2.75, 3.05) is 13.1 Å². The summed E-state index contributed by atoms with van der Waals surface area (Å²) in [6, 6.07) is 5.86. The van der Waals surface area contributed by atoms with E-state index >= 15 is 0 Å². The molecule has 0 spiro atoms. The molecule has 3 aromatic rings. The number of carbonyl (C=O) groups is 1. The molecule has 1 aliphatic heterocycles. The highest BCUT2D eigenvalue weighted by atomic mass is 32.1. The lowest BCUT2D eigenvalue weighted by molar-refractivity contribution is -0.00294. The molecule has 1 fully saturated rings. The predicted octanol–water partition coefficient (Wildman–Crippen LogP) is 3.01. The fourth-order valence-corrected chi connectivity index (χ4v) is 3.72. The van der Waals surface area contributed by atoms with Gasteiger partial charge in [-0.15, -0.1) is 11.3 Å². The Labute approximate surface area is 147 Å². The third-order valence-electron chi connectivity index (χ3n) is 4.13. The number of hydrogen-bond acceptors (Lipinski definition) is 7. The molecule has 8 nitrogen and oxygen atoms in total. The van der Waals surface area contributed by atoms with Crippen molar-refractivity contribution in [2.24, 2.45) is 0 Å². The topological polar surface area (TPSA) is 102 Å². The van der Waals surface area contributed by atoms with Gasteiger partial charge in [0.2, 0.25) is 0 Å². The lowest BCUT2D eigenvalue weighted by Crippen LogP contribution is -2.40. The first-order valence-electron chi connectivity index (χ1n) is 7.96. The normalized spacial score (nSPS) is 15.8. The minimum absolute atomic E-state index is 0.0195. The molecule has 0 bridgehead atoms. The number of nitrogens with zero attached hydrogens (tertiary/aromatic N) is 4. The Morgan fingerprint density at radius 1 is 1.44 bits per heavy atom. The van der Waals surface area contributed by atoms with Crippen LogP contribution in [0.25, 0.3) is 21.0 Å². The summed E-state index contributed by atoms with van der Waals surface area (Å²) in [6.07, 6.45) is 2.26. The van der Waals surface area contributed by atoms with Crippen molar-refractivity contribution < 1.29 is 19.2 Å². The quantitative estimate of drug-likeness (QED) is 0.763. The first-order chi connectivity index (χ1) is 12.2. The summed E-state index contributed by atoms with van der Waals surface area (Å²) >= 11 is 1.50. The van der Waals surface area contributed by atoms with Gasteiger partial charge in [-0.25, -0.2) is 9.78 Å². The average molecular weight is 360 g/mol. The van der Waals surface area contributed by atoms with E-state index in [2.05, 4.69) is 15.1 Å². The molecule has 1 N–H and O–H groups in total. The van der Waals surface area contributed by atoms with Gasteiger partial charge in [0.1, 0.15) is 11.4 Å². The number of fused-ring (bicyclic) bond motifs is 1. The predicted molar refractivity (Wildman–Crippen MR) is 90.3 cm³/mol. The van der Waals surface area contributed by atoms with Gasteiger partial charge in [0, 0.05) is 24.7 Å². The Morgan fingerprint density at radius 2 is 2.28 bits per heavy atom. The maximum Gasteiger partial charge on any atom is 0.407 e. The molecule has 1 saturated heterocycles. The van der Waals surface area contributed by atoms with E-state index in [1.165, 1.54) is 16.2 Å². The van der Waals surface area contributed by atoms with Crippen LogP contribution in [0.3, 0.4) is 0 Å². The SMILES string of the molecule is O=C(O)N1CCC(OCc2noc(-c3cc4cccnc4s3)n2)CC1. The maximum atomic E-state index is 10.9. The maximum absolute atomic E-state index is 10.9. The summed E-state index contributed by atoms with van der Waals surface area (Å²) in [5.74, 6) is 0.948. The van der Waals surface area contributed by atoms with Gasteiger partial charge in [-0.1, -0.05) is 11.2 Å². The second kappa shape index (κ2) is 6.77. The standard InChI is InChI=1S/C16H16N4O4S/c21-16(22)20-6-3-11(4-7-20)23-9-13-18-14(24-19-13)12-8-10-2-1-5-17-15(10)25-12/h1-2,5,8,11H,3-4,6-7,9H2,(H,21,22). The summed E-state index contributed by atoms with van der Waals surface area (Å²) in [7, 11) is 0. The lowest BCUT2D eigenvalue weighted by atomic mass is 10.1. The second-order valence-electron chi connectivity index (χ2n) is 5.80. The molecule has 25 heavy (non-hydrogen) atoms. The van der Waals surface area contributed by atoms with Crippen LogP contribution in [-0.4, -0.2) is 50.4 Å². The zero-order chi connectivity index (χ0) is 17.2. The van der Waals surface area contributed by atoms with Gasteiger partial charge in [0.25, 0.3) is 5.89 Å². The second-order valence-corrected chi connectivity index (χ2v) is 6.83. The third kappa shape index (κ3) is 3.47. The van der Waals surface area contributed by atoms with Crippen molar-refractivity contribution in [3.63, 3.8) is 0 Å². The summed E-state index contributed by atoms with van der Waals surface area (Å²) in [6.45, 7) is 1.24. The summed E-state index contributed by atoms with van der Waals surface area (Å²) < 4.78 is 11.1. The molecule has 0 radical (unpaired) electrons. The van der Waals surface area contributed by atoms with Gasteiger partial charge in [-0.2, -0.15) is 4.98 Å². The van der Waals surface area contributed by atoms with Crippen LogP contribution in [0.4, 0.5) is 4.79 Å². The number of aromatic nitrogens is 3. The van der Waals surface area contributed by atoms with E-state index in [0.717, 1.165) is 15.1 Å². The summed E-state index contributed by atoms with van der Waals surface area (Å²) in [5.41, 5.74) is 0. The number of carboxylic acid groups (broad SMARTS) is 1. The van der Waals surface area contributed by atoms with E-state index in [4.69, 9.17) is 14.4 Å². The first kappa shape index (κ1) is 16.0. The lowest BCUT2D eigenvalue weighted by Gasteiger charge is -2.29. The smallest absolute Gasteiger partial charge is 0.407 e. The van der Waals surface area contributed by atoms with Gasteiger partial charge in [0.15, 0.2) is 5.82 Å². The number of piperidine rings is 1. The van der Waals surface area contributed by atoms with Crippen LogP contribution in [0.1, 0.15) is 18.7 Å². The molecule has 9 heteroatoms. The van der Waals surface area contributed by atoms with Gasteiger partial charge in [-0.3, -0.25) is 0 Å². The number of thiophene rings is 1. The van der Waals surface area contributed by atoms with Crippen LogP contribution < -0.4 is 0 Å². The number of rotatable bonds is 4. The summed E-state index contributed by atoms with van der Waals surface area (Å²) in [5, 5.41) is 14.0. The highest BCUT2D eigenvalue weighted by Crippen LogP contribution is 2.31. The molecule has 0 unspecified atom stereocenters. The van der Waals surface area contributed by atoms with Gasteiger partial charge < -0.3 is 19.3 Å². The molecule has 3 aromatic heterocycles. The number of ether oxygens (including phenoxy) is 1. The highest BCUT2D eigenvalue weighted by Gasteiger charge is 2.23. The number of likely N-dealkylation sites (tertiary alicyclic amines) is 1. The Kier molecular flexibility index (Phi) is 4.33. The van der Waals surface area contributed by atoms with E-state index in [-0.39, 0.29) is 12.7 Å². The van der Waals surface area contributed by atoms with Gasteiger partial charge in [-0.05, 0) is 25.0 Å². The summed E-state index contributed by atoms with van der Waals surface area (Å²) in [4.78, 5) is 22.8. The van der Waals surface area contributed by atoms with E-state index in [1.54, 1.807) is 6.20 Å². The van der Waals surface area contributed by atoms with E-state index in [0.29, 0.717) is 37.6 Å². The van der Waals surface area contributed by atoms with Crippen LogP contribution in [0.2, 0.25) is 0 Å². The molecular formula is C16H16N4O4S. The van der Waals surface area contributed by atoms with Crippen LogP contribution in [0.15, 0.2) is 28.9 Å². The minimum Gasteiger partial charge on any atom is -0.465 e. The van der Waals surface area contributed by atoms with Crippen molar-refractivity contribution in [3.8, 4) is 10.8 Å². The van der Waals surface area contributed by atoms with Crippen molar-refractivity contribution in [2.45, 2.75) is 25.6 Å². The molecule has 1 amide bonds. The molecule has 4 heterocycles. The van der Waals surface area contributed by atoms with Crippen molar-refractivity contribution in [1.29, 1.82) is 0 Å². The van der Waals surface area contributed by atoms with E-state index in [9.17, 15) is 4.79 Å². The fraction of sp³-hybridized carbons (Fsp3) is 0.375. The molecule has 0 aromatic carbocycles. The molecule has 4 rings (SSSR count). The van der Waals surface area contributed by atoms with Gasteiger partial charge in [0.05, 0.1) is 11.0 Å². The van der Waals surface area contributed by atoms with Crippen molar-refractivity contribution in [3.05, 3.63) is 30.2 Å². The molecule has 0 atom stereocenters. The van der Waals surface area contributed by atoms with Gasteiger partial charge >= 0.3 is 6.09 Å². The Morgan fingerprint density at radius 3 is 3.04 bits per heavy atom. The third-order valence-corrected chi connectivity index (χ3v) is 5.18. The van der Waals surface area contributed by atoms with Crippen molar-refractivity contribution in [1.82, 2.24) is 20.0 Å². The monoisotopic (exact) mass is 360 g/mol. The Hall–Kier alpha value is -2.52. The molecule has 0 aliphatic carbocycles. The minimum atomic E-state index is -0.876. The zero-order valence-electron chi connectivity index (χ0n) is 13.3. The first-order valence-corrected chi connectivity index (χ1v) is 8.77. The number of amides is 1. The molecule has 0 saturated carbocycles. The highest BCUT2D eigenvalue weighted by molar-refractivity contribution is 7.21. The van der Waals surface area contributed by atoms with Crippen LogP contribution in [0, 0.1) is 0 Å². The van der Waals surface area contributed by atoms with E-state index < -0.39 is 6.09 Å². The van der Waals surface area contributed by atoms with Crippen LogP contribution in [0.5, 0.6) is 0 Å². The van der Waals surface area contributed by atoms with E-state index in [1.807, 2.05) is 18.2 Å². The van der Waals surface area contributed by atoms with Crippen LogP contribution >= 0.6 is 11.3 Å². The Bertz CT molecular complexity index is 852. The van der Waals surface area contributed by atoms with Crippen LogP contribution in [-0.2, 0) is 11.3 Å².